The van der Waals surface area contributed by atoms with E-state index in [0.717, 1.165) is 50.0 Å². The summed E-state index contributed by atoms with van der Waals surface area (Å²) in [6, 6.07) is 8.00. The molecule has 3 fully saturated rings. The molecule has 3 heterocycles. The number of amides is 1. The first-order valence-corrected chi connectivity index (χ1v) is 11.2. The molecule has 7 heteroatoms. The third-order valence-corrected chi connectivity index (χ3v) is 7.03. The first kappa shape index (κ1) is 21.7. The highest BCUT2D eigenvalue weighted by Crippen LogP contribution is 2.36. The maximum Gasteiger partial charge on any atom is 0.494 e. The molecule has 0 radical (unpaired) electrons. The molecule has 1 amide bonds. The van der Waals surface area contributed by atoms with Crippen molar-refractivity contribution in [2.24, 2.45) is 5.92 Å². The summed E-state index contributed by atoms with van der Waals surface area (Å²) in [7, 11) is -0.358. The van der Waals surface area contributed by atoms with Crippen molar-refractivity contribution >= 4 is 18.5 Å². The summed E-state index contributed by atoms with van der Waals surface area (Å²) in [5, 5.41) is 0. The van der Waals surface area contributed by atoms with Gasteiger partial charge in [-0.25, -0.2) is 0 Å². The molecule has 3 aliphatic heterocycles. The predicted molar refractivity (Wildman–Crippen MR) is 116 cm³/mol. The standard InChI is InChI=1S/C23H34BNO5/c1-22(2)23(3,4)30-24(29-22)18-5-7-19(8-6-18)28-20-9-13-25(14-10-20)21(26)17-11-15-27-16-12-17/h5-8,17,20H,9-16H2,1-4H3. The first-order valence-electron chi connectivity index (χ1n) is 11.2. The van der Waals surface area contributed by atoms with Gasteiger partial charge in [-0.15, -0.1) is 0 Å². The number of carbonyl (C=O) groups excluding carboxylic acids is 1. The molecule has 0 atom stereocenters. The Balaban J connectivity index is 1.27. The predicted octanol–water partition coefficient (Wildman–Crippen LogP) is 2.78. The summed E-state index contributed by atoms with van der Waals surface area (Å²) >= 11 is 0. The number of likely N-dealkylation sites (tertiary alicyclic amines) is 1. The zero-order valence-corrected chi connectivity index (χ0v) is 18.7. The molecular formula is C23H34BNO5. The summed E-state index contributed by atoms with van der Waals surface area (Å²) in [4.78, 5) is 14.7. The maximum absolute atomic E-state index is 12.7. The number of rotatable bonds is 4. The summed E-state index contributed by atoms with van der Waals surface area (Å²) in [6.07, 6.45) is 3.59. The molecule has 0 spiro atoms. The Morgan fingerprint density at radius 1 is 0.967 bits per heavy atom. The van der Waals surface area contributed by atoms with Crippen LogP contribution in [0.15, 0.2) is 24.3 Å². The molecule has 30 heavy (non-hydrogen) atoms. The lowest BCUT2D eigenvalue weighted by atomic mass is 9.79. The molecule has 6 nitrogen and oxygen atoms in total. The molecule has 1 aromatic carbocycles. The van der Waals surface area contributed by atoms with Crippen LogP contribution in [0.2, 0.25) is 0 Å². The number of piperidine rings is 1. The zero-order valence-electron chi connectivity index (χ0n) is 18.7. The van der Waals surface area contributed by atoms with Crippen LogP contribution in [0.25, 0.3) is 0 Å². The largest absolute Gasteiger partial charge is 0.494 e. The third-order valence-electron chi connectivity index (χ3n) is 7.03. The Morgan fingerprint density at radius 2 is 1.53 bits per heavy atom. The average Bonchev–Trinajstić information content (AvgIpc) is 2.96. The Kier molecular flexibility index (Phi) is 6.15. The van der Waals surface area contributed by atoms with Crippen molar-refractivity contribution in [1.82, 2.24) is 4.90 Å². The highest BCUT2D eigenvalue weighted by molar-refractivity contribution is 6.62. The van der Waals surface area contributed by atoms with E-state index in [1.54, 1.807) is 0 Å². The third kappa shape index (κ3) is 4.53. The topological polar surface area (TPSA) is 57.2 Å². The SMILES string of the molecule is CC1(C)OB(c2ccc(OC3CCN(C(=O)C4CCOCC4)CC3)cc2)OC1(C)C. The van der Waals surface area contributed by atoms with Crippen LogP contribution in [0.5, 0.6) is 5.75 Å². The van der Waals surface area contributed by atoms with Gasteiger partial charge in [0.1, 0.15) is 11.9 Å². The lowest BCUT2D eigenvalue weighted by Crippen LogP contribution is -2.45. The van der Waals surface area contributed by atoms with Gasteiger partial charge in [-0.3, -0.25) is 4.79 Å². The number of ether oxygens (including phenoxy) is 2. The second kappa shape index (κ2) is 8.52. The Labute approximate surface area is 180 Å². The average molecular weight is 415 g/mol. The van der Waals surface area contributed by atoms with Gasteiger partial charge in [-0.1, -0.05) is 12.1 Å². The van der Waals surface area contributed by atoms with E-state index in [2.05, 4.69) is 27.7 Å². The molecule has 0 saturated carbocycles. The summed E-state index contributed by atoms with van der Waals surface area (Å²) in [6.45, 7) is 11.2. The highest BCUT2D eigenvalue weighted by atomic mass is 16.7. The number of hydrogen-bond acceptors (Lipinski definition) is 5. The van der Waals surface area contributed by atoms with Crippen molar-refractivity contribution < 1.29 is 23.6 Å². The number of nitrogens with zero attached hydrogens (tertiary/aromatic N) is 1. The number of carbonyl (C=O) groups is 1. The van der Waals surface area contributed by atoms with E-state index in [0.29, 0.717) is 19.1 Å². The van der Waals surface area contributed by atoms with Gasteiger partial charge in [0.05, 0.1) is 11.2 Å². The minimum Gasteiger partial charge on any atom is -0.490 e. The monoisotopic (exact) mass is 415 g/mol. The van der Waals surface area contributed by atoms with Crippen LogP contribution < -0.4 is 10.2 Å². The molecule has 0 aromatic heterocycles. The fraction of sp³-hybridized carbons (Fsp3) is 0.696. The molecule has 0 bridgehead atoms. The molecule has 0 unspecified atom stereocenters. The summed E-state index contributed by atoms with van der Waals surface area (Å²) in [5.74, 6) is 1.28. The van der Waals surface area contributed by atoms with E-state index in [1.807, 2.05) is 29.2 Å². The highest BCUT2D eigenvalue weighted by Gasteiger charge is 2.51. The van der Waals surface area contributed by atoms with Crippen LogP contribution in [-0.2, 0) is 18.8 Å². The molecule has 164 valence electrons. The molecule has 4 rings (SSSR count). The van der Waals surface area contributed by atoms with Crippen molar-refractivity contribution in [3.8, 4) is 5.75 Å². The van der Waals surface area contributed by atoms with E-state index in [-0.39, 0.29) is 30.3 Å². The Hall–Kier alpha value is -1.57. The zero-order chi connectivity index (χ0) is 21.4. The van der Waals surface area contributed by atoms with Crippen molar-refractivity contribution in [3.63, 3.8) is 0 Å². The summed E-state index contributed by atoms with van der Waals surface area (Å²) < 4.78 is 23.8. The van der Waals surface area contributed by atoms with E-state index >= 15 is 0 Å². The Morgan fingerprint density at radius 3 is 2.10 bits per heavy atom. The van der Waals surface area contributed by atoms with Gasteiger partial charge in [-0.05, 0) is 58.1 Å². The van der Waals surface area contributed by atoms with Gasteiger partial charge < -0.3 is 23.7 Å². The second-order valence-electron chi connectivity index (χ2n) is 9.69. The van der Waals surface area contributed by atoms with E-state index in [9.17, 15) is 4.79 Å². The number of hydrogen-bond donors (Lipinski definition) is 0. The Bertz CT molecular complexity index is 720. The minimum atomic E-state index is -0.358. The molecule has 0 N–H and O–H groups in total. The molecule has 1 aromatic rings. The van der Waals surface area contributed by atoms with Crippen LogP contribution in [0.1, 0.15) is 53.4 Å². The van der Waals surface area contributed by atoms with Gasteiger partial charge in [0, 0.05) is 45.1 Å². The molecule has 3 aliphatic rings. The van der Waals surface area contributed by atoms with Crippen LogP contribution >= 0.6 is 0 Å². The minimum absolute atomic E-state index is 0.138. The maximum atomic E-state index is 12.7. The van der Waals surface area contributed by atoms with Crippen molar-refractivity contribution in [1.29, 1.82) is 0 Å². The quantitative estimate of drug-likeness (QED) is 0.708. The van der Waals surface area contributed by atoms with Gasteiger partial charge >= 0.3 is 7.12 Å². The number of benzene rings is 1. The van der Waals surface area contributed by atoms with Gasteiger partial charge in [-0.2, -0.15) is 0 Å². The molecule has 3 saturated heterocycles. The lowest BCUT2D eigenvalue weighted by molar-refractivity contribution is -0.140. The van der Waals surface area contributed by atoms with Crippen LogP contribution in [-0.4, -0.2) is 61.5 Å². The van der Waals surface area contributed by atoms with E-state index < -0.39 is 0 Å². The fourth-order valence-corrected chi connectivity index (χ4v) is 4.27. The van der Waals surface area contributed by atoms with Gasteiger partial charge in [0.15, 0.2) is 0 Å². The van der Waals surface area contributed by atoms with E-state index in [4.69, 9.17) is 18.8 Å². The van der Waals surface area contributed by atoms with Crippen molar-refractivity contribution in [2.45, 2.75) is 70.7 Å². The fourth-order valence-electron chi connectivity index (χ4n) is 4.27. The van der Waals surface area contributed by atoms with Crippen LogP contribution in [0.3, 0.4) is 0 Å². The van der Waals surface area contributed by atoms with Crippen molar-refractivity contribution in [2.75, 3.05) is 26.3 Å². The first-order chi connectivity index (χ1) is 14.2. The van der Waals surface area contributed by atoms with Crippen LogP contribution in [0, 0.1) is 5.92 Å². The van der Waals surface area contributed by atoms with E-state index in [1.165, 1.54) is 0 Å². The van der Waals surface area contributed by atoms with Gasteiger partial charge in [0.25, 0.3) is 0 Å². The lowest BCUT2D eigenvalue weighted by Gasteiger charge is -2.35. The second-order valence-corrected chi connectivity index (χ2v) is 9.69. The van der Waals surface area contributed by atoms with Gasteiger partial charge in [0.2, 0.25) is 5.91 Å². The van der Waals surface area contributed by atoms with Crippen LogP contribution in [0.4, 0.5) is 0 Å². The normalized spacial score (nSPS) is 24.8. The summed E-state index contributed by atoms with van der Waals surface area (Å²) in [5.41, 5.74) is 0.309. The molecule has 0 aliphatic carbocycles. The molecular weight excluding hydrogens is 381 g/mol. The van der Waals surface area contributed by atoms with Crippen molar-refractivity contribution in [3.05, 3.63) is 24.3 Å². The smallest absolute Gasteiger partial charge is 0.490 e.